The molecule has 2 N–H and O–H groups in total. The van der Waals surface area contributed by atoms with E-state index in [1.807, 2.05) is 26.0 Å². The molecule has 0 aromatic heterocycles. The van der Waals surface area contributed by atoms with Gasteiger partial charge in [0.2, 0.25) is 5.91 Å². The van der Waals surface area contributed by atoms with Crippen LogP contribution in [0.4, 0.5) is 11.4 Å². The van der Waals surface area contributed by atoms with Crippen molar-refractivity contribution in [2.45, 2.75) is 18.7 Å². The number of rotatable bonds is 6. The number of nitrogens with one attached hydrogen (secondary N) is 2. The molecule has 3 aromatic carbocycles. The molecule has 33 heavy (non-hydrogen) atoms. The van der Waals surface area contributed by atoms with Crippen LogP contribution >= 0.6 is 0 Å². The predicted molar refractivity (Wildman–Crippen MR) is 129 cm³/mol. The Labute approximate surface area is 193 Å². The molecule has 0 saturated carbocycles. The Hall–Kier alpha value is -3.65. The molecule has 0 spiro atoms. The maximum absolute atomic E-state index is 13.4. The summed E-state index contributed by atoms with van der Waals surface area (Å²) in [5.41, 5.74) is 2.43. The van der Waals surface area contributed by atoms with Gasteiger partial charge < -0.3 is 10.6 Å². The van der Waals surface area contributed by atoms with E-state index in [2.05, 4.69) is 10.6 Å². The molecule has 8 heteroatoms. The molecule has 3 aromatic rings. The number of nitrogens with zero attached hydrogens (tertiary/aromatic N) is 1. The third-order valence-electron chi connectivity index (χ3n) is 5.32. The lowest BCUT2D eigenvalue weighted by Crippen LogP contribution is -2.40. The van der Waals surface area contributed by atoms with Crippen LogP contribution in [0.3, 0.4) is 0 Å². The van der Waals surface area contributed by atoms with Crippen LogP contribution in [-0.4, -0.2) is 33.3 Å². The van der Waals surface area contributed by atoms with E-state index in [4.69, 9.17) is 0 Å². The van der Waals surface area contributed by atoms with Crippen molar-refractivity contribution in [3.63, 3.8) is 0 Å². The number of para-hydroxylation sites is 2. The molecule has 0 bridgehead atoms. The molecule has 1 aliphatic rings. The van der Waals surface area contributed by atoms with Crippen LogP contribution in [0.5, 0.6) is 0 Å². The summed E-state index contributed by atoms with van der Waals surface area (Å²) in [6.07, 6.45) is 0. The van der Waals surface area contributed by atoms with Crippen molar-refractivity contribution < 1.29 is 18.0 Å². The summed E-state index contributed by atoms with van der Waals surface area (Å²) in [5.74, 6) is -0.565. The summed E-state index contributed by atoms with van der Waals surface area (Å²) < 4.78 is 27.8. The Kier molecular flexibility index (Phi) is 6.20. The molecule has 2 amide bonds. The minimum absolute atomic E-state index is 0.157. The lowest BCUT2D eigenvalue weighted by atomic mass is 10.0. The highest BCUT2D eigenvalue weighted by atomic mass is 32.2. The first-order chi connectivity index (χ1) is 15.8. The number of anilines is 2. The SMILES string of the molecule is CC(C)CNC(=O)c1ccccc1NC(=O)CN1c2ccccc2-c2ccccc2S1(=O)=O. The highest BCUT2D eigenvalue weighted by molar-refractivity contribution is 7.93. The van der Waals surface area contributed by atoms with Crippen molar-refractivity contribution in [3.05, 3.63) is 78.4 Å². The fourth-order valence-electron chi connectivity index (χ4n) is 3.75. The van der Waals surface area contributed by atoms with Gasteiger partial charge in [0, 0.05) is 17.7 Å². The predicted octanol–water partition coefficient (Wildman–Crippen LogP) is 3.89. The smallest absolute Gasteiger partial charge is 0.265 e. The number of fused-ring (bicyclic) bond motifs is 3. The summed E-state index contributed by atoms with van der Waals surface area (Å²) in [6.45, 7) is 4.06. The van der Waals surface area contributed by atoms with Crippen molar-refractivity contribution in [1.82, 2.24) is 5.32 Å². The van der Waals surface area contributed by atoms with E-state index in [-0.39, 0.29) is 16.7 Å². The van der Waals surface area contributed by atoms with Crippen molar-refractivity contribution >= 4 is 33.2 Å². The van der Waals surface area contributed by atoms with E-state index in [9.17, 15) is 18.0 Å². The van der Waals surface area contributed by atoms with Gasteiger partial charge in [-0.15, -0.1) is 0 Å². The number of hydrogen-bond acceptors (Lipinski definition) is 4. The Morgan fingerprint density at radius 1 is 0.879 bits per heavy atom. The highest BCUT2D eigenvalue weighted by Crippen LogP contribution is 2.42. The van der Waals surface area contributed by atoms with Crippen LogP contribution < -0.4 is 14.9 Å². The van der Waals surface area contributed by atoms with E-state index in [1.165, 1.54) is 0 Å². The third-order valence-corrected chi connectivity index (χ3v) is 7.14. The molecule has 1 aliphatic heterocycles. The fraction of sp³-hybridized carbons (Fsp3) is 0.200. The van der Waals surface area contributed by atoms with E-state index >= 15 is 0 Å². The van der Waals surface area contributed by atoms with Crippen LogP contribution in [0.15, 0.2) is 77.7 Å². The third kappa shape index (κ3) is 4.47. The second-order valence-electron chi connectivity index (χ2n) is 8.22. The molecule has 4 rings (SSSR count). The lowest BCUT2D eigenvalue weighted by molar-refractivity contribution is -0.114. The average Bonchev–Trinajstić information content (AvgIpc) is 2.80. The summed E-state index contributed by atoms with van der Waals surface area (Å²) in [4.78, 5) is 25.7. The van der Waals surface area contributed by atoms with E-state index < -0.39 is 22.5 Å². The number of sulfonamides is 1. The summed E-state index contributed by atoms with van der Waals surface area (Å²) in [5, 5.41) is 5.55. The minimum Gasteiger partial charge on any atom is -0.352 e. The van der Waals surface area contributed by atoms with Gasteiger partial charge in [-0.3, -0.25) is 13.9 Å². The topological polar surface area (TPSA) is 95.6 Å². The second kappa shape index (κ2) is 9.07. The number of carbonyl (C=O) groups is 2. The molecule has 0 atom stereocenters. The molecule has 1 heterocycles. The van der Waals surface area contributed by atoms with Crippen molar-refractivity contribution in [1.29, 1.82) is 0 Å². The molecule has 0 unspecified atom stereocenters. The van der Waals surface area contributed by atoms with Gasteiger partial charge in [-0.25, -0.2) is 8.42 Å². The zero-order chi connectivity index (χ0) is 23.6. The maximum Gasteiger partial charge on any atom is 0.265 e. The first kappa shape index (κ1) is 22.5. The first-order valence-corrected chi connectivity index (χ1v) is 12.1. The molecular formula is C25H25N3O4S. The first-order valence-electron chi connectivity index (χ1n) is 10.7. The lowest BCUT2D eigenvalue weighted by Gasteiger charge is -2.31. The average molecular weight is 464 g/mol. The van der Waals surface area contributed by atoms with E-state index in [1.54, 1.807) is 60.7 Å². The zero-order valence-corrected chi connectivity index (χ0v) is 19.2. The Morgan fingerprint density at radius 2 is 1.52 bits per heavy atom. The molecule has 0 radical (unpaired) electrons. The normalized spacial score (nSPS) is 13.7. The maximum atomic E-state index is 13.4. The highest BCUT2D eigenvalue weighted by Gasteiger charge is 2.35. The second-order valence-corrected chi connectivity index (χ2v) is 10.1. The van der Waals surface area contributed by atoms with Gasteiger partial charge in [0.05, 0.1) is 21.8 Å². The number of carbonyl (C=O) groups excluding carboxylic acids is 2. The molecule has 7 nitrogen and oxygen atoms in total. The molecule has 0 saturated heterocycles. The molecule has 170 valence electrons. The van der Waals surface area contributed by atoms with Crippen molar-refractivity contribution in [3.8, 4) is 11.1 Å². The Bertz CT molecular complexity index is 1320. The van der Waals surface area contributed by atoms with E-state index in [0.717, 1.165) is 9.87 Å². The zero-order valence-electron chi connectivity index (χ0n) is 18.4. The quantitative estimate of drug-likeness (QED) is 0.580. The largest absolute Gasteiger partial charge is 0.352 e. The van der Waals surface area contributed by atoms with Crippen LogP contribution in [0.25, 0.3) is 11.1 Å². The number of amides is 2. The molecule has 0 fully saturated rings. The summed E-state index contributed by atoms with van der Waals surface area (Å²) in [6, 6.07) is 20.5. The van der Waals surface area contributed by atoms with Gasteiger partial charge in [0.15, 0.2) is 0 Å². The van der Waals surface area contributed by atoms with Crippen LogP contribution in [-0.2, 0) is 14.8 Å². The van der Waals surface area contributed by atoms with Crippen LogP contribution in [0, 0.1) is 5.92 Å². The van der Waals surface area contributed by atoms with Gasteiger partial charge in [0.25, 0.3) is 15.9 Å². The van der Waals surface area contributed by atoms with E-state index in [0.29, 0.717) is 29.0 Å². The van der Waals surface area contributed by atoms with Crippen LogP contribution in [0.1, 0.15) is 24.2 Å². The van der Waals surface area contributed by atoms with Gasteiger partial charge in [-0.2, -0.15) is 0 Å². The monoisotopic (exact) mass is 463 g/mol. The van der Waals surface area contributed by atoms with Gasteiger partial charge in [-0.1, -0.05) is 62.4 Å². The van der Waals surface area contributed by atoms with Gasteiger partial charge in [-0.05, 0) is 30.2 Å². The standard InChI is InChI=1S/C25H25N3O4S/c1-17(2)15-26-25(30)20-11-3-6-12-21(20)27-24(29)16-28-22-13-7-4-9-18(22)19-10-5-8-14-23(19)33(28,31)32/h3-14,17H,15-16H2,1-2H3,(H,26,30)(H,27,29). The Morgan fingerprint density at radius 3 is 2.27 bits per heavy atom. The number of benzene rings is 3. The van der Waals surface area contributed by atoms with Crippen molar-refractivity contribution in [2.75, 3.05) is 22.7 Å². The summed E-state index contributed by atoms with van der Waals surface area (Å²) in [7, 11) is -3.93. The molecule has 0 aliphatic carbocycles. The fourth-order valence-corrected chi connectivity index (χ4v) is 5.40. The Balaban J connectivity index is 1.61. The minimum atomic E-state index is -3.93. The van der Waals surface area contributed by atoms with Gasteiger partial charge >= 0.3 is 0 Å². The van der Waals surface area contributed by atoms with Crippen LogP contribution in [0.2, 0.25) is 0 Å². The summed E-state index contributed by atoms with van der Waals surface area (Å²) >= 11 is 0. The van der Waals surface area contributed by atoms with Gasteiger partial charge in [0.1, 0.15) is 6.54 Å². The number of hydrogen-bond donors (Lipinski definition) is 2. The van der Waals surface area contributed by atoms with Crippen molar-refractivity contribution in [2.24, 2.45) is 5.92 Å². The molecular weight excluding hydrogens is 438 g/mol.